The smallest absolute Gasteiger partial charge is 0.176 e. The number of Topliss-reactive ketones (excluding diaryl/α,β-unsaturated/α-hetero) is 1. The van der Waals surface area contributed by atoms with E-state index in [0.29, 0.717) is 24.3 Å². The molecule has 0 saturated carbocycles. The maximum Gasteiger partial charge on any atom is 0.176 e. The number of allylic oxidation sites excluding steroid dienone is 2. The Kier molecular flexibility index (Phi) is 6.50. The molecule has 0 spiro atoms. The molecule has 0 aliphatic heterocycles. The number of para-hydroxylation sites is 1. The summed E-state index contributed by atoms with van der Waals surface area (Å²) >= 11 is 0. The zero-order chi connectivity index (χ0) is 23.5. The molecule has 0 aromatic heterocycles. The van der Waals surface area contributed by atoms with E-state index in [1.165, 1.54) is 0 Å². The highest BCUT2D eigenvalue weighted by Crippen LogP contribution is 2.47. The molecule has 0 fully saturated rings. The van der Waals surface area contributed by atoms with Gasteiger partial charge in [-0.1, -0.05) is 66.8 Å². The molecule has 0 heterocycles. The average molecular weight is 448 g/mol. The zero-order valence-corrected chi connectivity index (χ0v) is 18.2. The van der Waals surface area contributed by atoms with E-state index in [9.17, 15) is 18.0 Å². The summed E-state index contributed by atoms with van der Waals surface area (Å²) in [6.07, 6.45) is 3.87. The normalized spacial score (nSPS) is 17.5. The number of hydrogen-bond acceptors (Lipinski definition) is 2. The van der Waals surface area contributed by atoms with Gasteiger partial charge in [-0.2, -0.15) is 0 Å². The van der Waals surface area contributed by atoms with Crippen LogP contribution in [0, 0.1) is 30.3 Å². The molecule has 3 aromatic carbocycles. The van der Waals surface area contributed by atoms with Gasteiger partial charge in [0.05, 0.1) is 5.56 Å². The van der Waals surface area contributed by atoms with Crippen molar-refractivity contribution in [1.82, 2.24) is 0 Å². The number of ketones is 1. The monoisotopic (exact) mass is 448 g/mol. The first kappa shape index (κ1) is 22.6. The van der Waals surface area contributed by atoms with E-state index in [1.54, 1.807) is 18.2 Å². The summed E-state index contributed by atoms with van der Waals surface area (Å²) in [5.41, 5.74) is 2.97. The van der Waals surface area contributed by atoms with E-state index in [0.717, 1.165) is 22.3 Å². The quantitative estimate of drug-likeness (QED) is 0.286. The van der Waals surface area contributed by atoms with Crippen LogP contribution in [-0.4, -0.2) is 12.4 Å². The van der Waals surface area contributed by atoms with Gasteiger partial charge in [-0.3, -0.25) is 4.79 Å². The largest absolute Gasteiger partial charge is 0.489 e. The van der Waals surface area contributed by atoms with Crippen LogP contribution in [0.2, 0.25) is 0 Å². The topological polar surface area (TPSA) is 26.3 Å². The summed E-state index contributed by atoms with van der Waals surface area (Å²) in [7, 11) is 0. The third kappa shape index (κ3) is 4.63. The predicted molar refractivity (Wildman–Crippen MR) is 123 cm³/mol. The first-order valence-electron chi connectivity index (χ1n) is 10.7. The van der Waals surface area contributed by atoms with E-state index >= 15 is 0 Å². The standard InChI is InChI=1S/C28H23F3O2/c1-3-12-33-26-7-5-4-6-21(26)22-13-19(18-10-8-17(2)9-11-18)14-23(22)28(32)27-24(30)15-20(29)16-25(27)31/h3-11,14-16,22-23H,1,12-13H2,2H3. The Bertz CT molecular complexity index is 1210. The third-order valence-electron chi connectivity index (χ3n) is 5.91. The number of rotatable bonds is 7. The molecular formula is C28H23F3O2. The Morgan fingerprint density at radius 3 is 2.39 bits per heavy atom. The van der Waals surface area contributed by atoms with Crippen molar-refractivity contribution in [3.8, 4) is 5.75 Å². The highest BCUT2D eigenvalue weighted by molar-refractivity contribution is 6.02. The lowest BCUT2D eigenvalue weighted by molar-refractivity contribution is 0.0925. The van der Waals surface area contributed by atoms with Gasteiger partial charge >= 0.3 is 0 Å². The summed E-state index contributed by atoms with van der Waals surface area (Å²) in [5.74, 6) is -4.87. The first-order chi connectivity index (χ1) is 15.9. The molecule has 4 rings (SSSR count). The Morgan fingerprint density at radius 2 is 1.73 bits per heavy atom. The van der Waals surface area contributed by atoms with Crippen molar-refractivity contribution in [3.05, 3.63) is 119 Å². The number of carbonyl (C=O) groups excluding carboxylic acids is 1. The second-order valence-electron chi connectivity index (χ2n) is 8.14. The van der Waals surface area contributed by atoms with Gasteiger partial charge in [0.25, 0.3) is 0 Å². The molecule has 2 nitrogen and oxygen atoms in total. The summed E-state index contributed by atoms with van der Waals surface area (Å²) in [6, 6.07) is 16.2. The third-order valence-corrected chi connectivity index (χ3v) is 5.91. The zero-order valence-electron chi connectivity index (χ0n) is 18.2. The molecule has 2 unspecified atom stereocenters. The van der Waals surface area contributed by atoms with Crippen molar-refractivity contribution in [3.63, 3.8) is 0 Å². The van der Waals surface area contributed by atoms with Crippen LogP contribution in [0.1, 0.15) is 39.4 Å². The molecule has 1 aliphatic rings. The lowest BCUT2D eigenvalue weighted by Gasteiger charge is -2.22. The Balaban J connectivity index is 1.80. The summed E-state index contributed by atoms with van der Waals surface area (Å²) < 4.78 is 48.2. The molecule has 1 aliphatic carbocycles. The van der Waals surface area contributed by atoms with Gasteiger partial charge in [-0.05, 0) is 36.1 Å². The summed E-state index contributed by atoms with van der Waals surface area (Å²) in [6.45, 7) is 5.93. The molecule has 33 heavy (non-hydrogen) atoms. The minimum absolute atomic E-state index is 0.280. The molecule has 5 heteroatoms. The Labute approximate surface area is 191 Å². The van der Waals surface area contributed by atoms with Crippen LogP contribution in [-0.2, 0) is 0 Å². The van der Waals surface area contributed by atoms with Gasteiger partial charge in [0.2, 0.25) is 0 Å². The van der Waals surface area contributed by atoms with Crippen LogP contribution < -0.4 is 4.74 Å². The lowest BCUT2D eigenvalue weighted by atomic mass is 9.82. The number of carbonyl (C=O) groups is 1. The van der Waals surface area contributed by atoms with Gasteiger partial charge in [0.1, 0.15) is 29.8 Å². The van der Waals surface area contributed by atoms with Crippen molar-refractivity contribution < 1.29 is 22.7 Å². The van der Waals surface area contributed by atoms with E-state index < -0.39 is 40.6 Å². The molecule has 0 saturated heterocycles. The second-order valence-corrected chi connectivity index (χ2v) is 8.14. The van der Waals surface area contributed by atoms with Crippen LogP contribution in [0.5, 0.6) is 5.75 Å². The van der Waals surface area contributed by atoms with Gasteiger partial charge in [0.15, 0.2) is 5.78 Å². The van der Waals surface area contributed by atoms with E-state index in [4.69, 9.17) is 4.74 Å². The molecule has 0 radical (unpaired) electrons. The lowest BCUT2D eigenvalue weighted by Crippen LogP contribution is -2.21. The van der Waals surface area contributed by atoms with Gasteiger partial charge in [-0.25, -0.2) is 13.2 Å². The highest BCUT2D eigenvalue weighted by Gasteiger charge is 2.38. The van der Waals surface area contributed by atoms with Crippen LogP contribution in [0.15, 0.2) is 79.4 Å². The summed E-state index contributed by atoms with van der Waals surface area (Å²) in [5, 5.41) is 0. The van der Waals surface area contributed by atoms with Crippen molar-refractivity contribution in [2.45, 2.75) is 19.3 Å². The number of hydrogen-bond donors (Lipinski definition) is 0. The molecule has 0 amide bonds. The number of halogens is 3. The molecule has 3 aromatic rings. The predicted octanol–water partition coefficient (Wildman–Crippen LogP) is 7.05. The van der Waals surface area contributed by atoms with Crippen LogP contribution in [0.3, 0.4) is 0 Å². The maximum atomic E-state index is 14.5. The SMILES string of the molecule is C=CCOc1ccccc1C1CC(c2ccc(C)cc2)=CC1C(=O)c1c(F)cc(F)cc1F. The van der Waals surface area contributed by atoms with E-state index in [1.807, 2.05) is 49.4 Å². The highest BCUT2D eigenvalue weighted by atomic mass is 19.1. The minimum Gasteiger partial charge on any atom is -0.489 e. The van der Waals surface area contributed by atoms with Crippen molar-refractivity contribution in [1.29, 1.82) is 0 Å². The summed E-state index contributed by atoms with van der Waals surface area (Å²) in [4.78, 5) is 13.4. The Hall–Kier alpha value is -3.60. The number of aryl methyl sites for hydroxylation is 1. The van der Waals surface area contributed by atoms with Crippen molar-refractivity contribution >= 4 is 11.4 Å². The fraction of sp³-hybridized carbons (Fsp3) is 0.179. The number of ether oxygens (including phenoxy) is 1. The molecular weight excluding hydrogens is 425 g/mol. The second kappa shape index (κ2) is 9.49. The molecule has 168 valence electrons. The van der Waals surface area contributed by atoms with Crippen LogP contribution in [0.4, 0.5) is 13.2 Å². The first-order valence-corrected chi connectivity index (χ1v) is 10.7. The fourth-order valence-electron chi connectivity index (χ4n) is 4.32. The maximum absolute atomic E-state index is 14.5. The van der Waals surface area contributed by atoms with E-state index in [-0.39, 0.29) is 6.61 Å². The average Bonchev–Trinajstić information content (AvgIpc) is 3.23. The van der Waals surface area contributed by atoms with Crippen molar-refractivity contribution in [2.75, 3.05) is 6.61 Å². The molecule has 0 N–H and O–H groups in total. The minimum atomic E-state index is -1.20. The molecule has 0 bridgehead atoms. The number of benzene rings is 3. The Morgan fingerprint density at radius 1 is 1.06 bits per heavy atom. The van der Waals surface area contributed by atoms with Crippen LogP contribution >= 0.6 is 0 Å². The van der Waals surface area contributed by atoms with E-state index in [2.05, 4.69) is 6.58 Å². The van der Waals surface area contributed by atoms with Crippen LogP contribution in [0.25, 0.3) is 5.57 Å². The fourth-order valence-corrected chi connectivity index (χ4v) is 4.32. The van der Waals surface area contributed by atoms with Gasteiger partial charge < -0.3 is 4.74 Å². The van der Waals surface area contributed by atoms with Crippen molar-refractivity contribution in [2.24, 2.45) is 5.92 Å². The van der Waals surface area contributed by atoms with Gasteiger partial charge in [-0.15, -0.1) is 0 Å². The molecule has 2 atom stereocenters. The van der Waals surface area contributed by atoms with Gasteiger partial charge in [0, 0.05) is 24.0 Å².